The fourth-order valence-corrected chi connectivity index (χ4v) is 2.71. The van der Waals surface area contributed by atoms with Crippen LogP contribution in [0.15, 0.2) is 30.3 Å². The first-order chi connectivity index (χ1) is 9.25. The Kier molecular flexibility index (Phi) is 5.67. The van der Waals surface area contributed by atoms with Crippen molar-refractivity contribution in [3.63, 3.8) is 0 Å². The molecule has 0 heterocycles. The molecule has 2 atom stereocenters. The lowest BCUT2D eigenvalue weighted by molar-refractivity contribution is 0.102. The Hall–Kier alpha value is -1.06. The third kappa shape index (κ3) is 4.84. The molecule has 1 unspecified atom stereocenters. The summed E-state index contributed by atoms with van der Waals surface area (Å²) < 4.78 is 5.54. The fraction of sp³-hybridized carbons (Fsp3) is 0.625. The number of aliphatic hydroxyl groups is 1. The molecular weight excluding hydrogens is 238 g/mol. The third-order valence-corrected chi connectivity index (χ3v) is 3.97. The van der Waals surface area contributed by atoms with Crippen molar-refractivity contribution in [2.24, 2.45) is 5.92 Å². The molecule has 1 saturated carbocycles. The SMILES string of the molecule is C[C@H](NCC(O)COc1ccccc1)C1CCCC1. The first kappa shape index (κ1) is 14.4. The molecule has 2 N–H and O–H groups in total. The van der Waals surface area contributed by atoms with Crippen LogP contribution in [0.2, 0.25) is 0 Å². The van der Waals surface area contributed by atoms with Crippen molar-refractivity contribution in [3.8, 4) is 5.75 Å². The quantitative estimate of drug-likeness (QED) is 0.794. The molecule has 1 aliphatic carbocycles. The molecule has 0 amide bonds. The van der Waals surface area contributed by atoms with Gasteiger partial charge in [-0.15, -0.1) is 0 Å². The van der Waals surface area contributed by atoms with Crippen LogP contribution >= 0.6 is 0 Å². The molecule has 1 aromatic rings. The second kappa shape index (κ2) is 7.51. The summed E-state index contributed by atoms with van der Waals surface area (Å²) in [6, 6.07) is 10.1. The zero-order chi connectivity index (χ0) is 13.5. The van der Waals surface area contributed by atoms with Crippen molar-refractivity contribution < 1.29 is 9.84 Å². The molecular formula is C16H25NO2. The van der Waals surface area contributed by atoms with Gasteiger partial charge in [-0.3, -0.25) is 0 Å². The molecule has 0 aromatic heterocycles. The van der Waals surface area contributed by atoms with Crippen LogP contribution in [-0.4, -0.2) is 30.4 Å². The zero-order valence-corrected chi connectivity index (χ0v) is 11.7. The van der Waals surface area contributed by atoms with Crippen LogP contribution in [0.5, 0.6) is 5.75 Å². The predicted molar refractivity (Wildman–Crippen MR) is 77.4 cm³/mol. The maximum absolute atomic E-state index is 9.91. The van der Waals surface area contributed by atoms with E-state index in [9.17, 15) is 5.11 Å². The van der Waals surface area contributed by atoms with Crippen LogP contribution in [0.3, 0.4) is 0 Å². The van der Waals surface area contributed by atoms with Gasteiger partial charge in [0, 0.05) is 12.6 Å². The van der Waals surface area contributed by atoms with E-state index in [1.165, 1.54) is 25.7 Å². The maximum atomic E-state index is 9.91. The highest BCUT2D eigenvalue weighted by molar-refractivity contribution is 5.20. The summed E-state index contributed by atoms with van der Waals surface area (Å²) in [5, 5.41) is 13.3. The van der Waals surface area contributed by atoms with Gasteiger partial charge in [0.1, 0.15) is 18.5 Å². The molecule has 2 rings (SSSR count). The minimum atomic E-state index is -0.455. The summed E-state index contributed by atoms with van der Waals surface area (Å²) in [6.07, 6.45) is 4.91. The minimum absolute atomic E-state index is 0.342. The number of benzene rings is 1. The molecule has 0 bridgehead atoms. The largest absolute Gasteiger partial charge is 0.491 e. The topological polar surface area (TPSA) is 41.5 Å². The molecule has 0 radical (unpaired) electrons. The third-order valence-electron chi connectivity index (χ3n) is 3.97. The van der Waals surface area contributed by atoms with E-state index in [2.05, 4.69) is 12.2 Å². The van der Waals surface area contributed by atoms with Gasteiger partial charge in [0.15, 0.2) is 0 Å². The number of hydrogen-bond donors (Lipinski definition) is 2. The Morgan fingerprint density at radius 2 is 1.95 bits per heavy atom. The molecule has 0 saturated heterocycles. The van der Waals surface area contributed by atoms with Crippen molar-refractivity contribution in [1.82, 2.24) is 5.32 Å². The molecule has 0 aliphatic heterocycles. The number of aliphatic hydroxyl groups excluding tert-OH is 1. The molecule has 106 valence electrons. The van der Waals surface area contributed by atoms with E-state index in [1.807, 2.05) is 30.3 Å². The maximum Gasteiger partial charge on any atom is 0.119 e. The van der Waals surface area contributed by atoms with Gasteiger partial charge in [0.25, 0.3) is 0 Å². The normalized spacial score (nSPS) is 19.3. The van der Waals surface area contributed by atoms with Crippen LogP contribution in [-0.2, 0) is 0 Å². The van der Waals surface area contributed by atoms with Crippen LogP contribution in [0.25, 0.3) is 0 Å². The lowest BCUT2D eigenvalue weighted by Gasteiger charge is -2.22. The number of ether oxygens (including phenoxy) is 1. The average molecular weight is 263 g/mol. The first-order valence-electron chi connectivity index (χ1n) is 7.35. The minimum Gasteiger partial charge on any atom is -0.491 e. The Morgan fingerprint density at radius 1 is 1.26 bits per heavy atom. The van der Waals surface area contributed by atoms with Crippen LogP contribution in [0.1, 0.15) is 32.6 Å². The van der Waals surface area contributed by atoms with Crippen LogP contribution < -0.4 is 10.1 Å². The zero-order valence-electron chi connectivity index (χ0n) is 11.7. The van der Waals surface area contributed by atoms with E-state index < -0.39 is 6.10 Å². The summed E-state index contributed by atoms with van der Waals surface area (Å²) in [5.41, 5.74) is 0. The van der Waals surface area contributed by atoms with Gasteiger partial charge in [0.2, 0.25) is 0 Å². The van der Waals surface area contributed by atoms with Crippen molar-refractivity contribution in [2.75, 3.05) is 13.2 Å². The van der Waals surface area contributed by atoms with Gasteiger partial charge in [-0.2, -0.15) is 0 Å². The average Bonchev–Trinajstić information content (AvgIpc) is 2.98. The van der Waals surface area contributed by atoms with Gasteiger partial charge >= 0.3 is 0 Å². The molecule has 3 nitrogen and oxygen atoms in total. The Morgan fingerprint density at radius 3 is 2.63 bits per heavy atom. The highest BCUT2D eigenvalue weighted by Crippen LogP contribution is 2.27. The highest BCUT2D eigenvalue weighted by Gasteiger charge is 2.21. The van der Waals surface area contributed by atoms with E-state index >= 15 is 0 Å². The van der Waals surface area contributed by atoms with Gasteiger partial charge in [-0.05, 0) is 37.8 Å². The smallest absolute Gasteiger partial charge is 0.119 e. The van der Waals surface area contributed by atoms with E-state index in [0.717, 1.165) is 11.7 Å². The van der Waals surface area contributed by atoms with E-state index in [0.29, 0.717) is 19.2 Å². The van der Waals surface area contributed by atoms with Gasteiger partial charge in [-0.1, -0.05) is 31.0 Å². The molecule has 1 aromatic carbocycles. The summed E-state index contributed by atoms with van der Waals surface area (Å²) >= 11 is 0. The van der Waals surface area contributed by atoms with Crippen molar-refractivity contribution in [3.05, 3.63) is 30.3 Å². The summed E-state index contributed by atoms with van der Waals surface area (Å²) in [5.74, 6) is 1.59. The van der Waals surface area contributed by atoms with Crippen molar-refractivity contribution in [1.29, 1.82) is 0 Å². The predicted octanol–water partition coefficient (Wildman–Crippen LogP) is 2.59. The Labute approximate surface area is 116 Å². The molecule has 3 heteroatoms. The van der Waals surface area contributed by atoms with Gasteiger partial charge in [-0.25, -0.2) is 0 Å². The Balaban J connectivity index is 1.62. The van der Waals surface area contributed by atoms with Crippen molar-refractivity contribution in [2.45, 2.75) is 44.8 Å². The van der Waals surface area contributed by atoms with Crippen molar-refractivity contribution >= 4 is 0 Å². The summed E-state index contributed by atoms with van der Waals surface area (Å²) in [7, 11) is 0. The molecule has 1 fully saturated rings. The fourth-order valence-electron chi connectivity index (χ4n) is 2.71. The van der Waals surface area contributed by atoms with E-state index in [4.69, 9.17) is 4.74 Å². The van der Waals surface area contributed by atoms with E-state index in [-0.39, 0.29) is 0 Å². The van der Waals surface area contributed by atoms with Crippen LogP contribution in [0, 0.1) is 5.92 Å². The Bertz CT molecular complexity index is 349. The van der Waals surface area contributed by atoms with Gasteiger partial charge in [0.05, 0.1) is 0 Å². The number of hydrogen-bond acceptors (Lipinski definition) is 3. The second-order valence-corrected chi connectivity index (χ2v) is 5.52. The summed E-state index contributed by atoms with van der Waals surface area (Å²) in [4.78, 5) is 0. The lowest BCUT2D eigenvalue weighted by Crippen LogP contribution is -2.39. The molecule has 19 heavy (non-hydrogen) atoms. The standard InChI is InChI=1S/C16H25NO2/c1-13(14-7-5-6-8-14)17-11-15(18)12-19-16-9-3-2-4-10-16/h2-4,9-10,13-15,17-18H,5-8,11-12H2,1H3/t13-,15?/m0/s1. The highest BCUT2D eigenvalue weighted by atomic mass is 16.5. The van der Waals surface area contributed by atoms with Gasteiger partial charge < -0.3 is 15.2 Å². The molecule has 0 spiro atoms. The van der Waals surface area contributed by atoms with Crippen LogP contribution in [0.4, 0.5) is 0 Å². The number of nitrogens with one attached hydrogen (secondary N) is 1. The van der Waals surface area contributed by atoms with E-state index in [1.54, 1.807) is 0 Å². The second-order valence-electron chi connectivity index (χ2n) is 5.52. The lowest BCUT2D eigenvalue weighted by atomic mass is 10.00. The first-order valence-corrected chi connectivity index (χ1v) is 7.35. The monoisotopic (exact) mass is 263 g/mol. The molecule has 1 aliphatic rings. The number of rotatable bonds is 7. The summed E-state index contributed by atoms with van der Waals surface area (Å²) in [6.45, 7) is 3.17. The number of para-hydroxylation sites is 1.